The van der Waals surface area contributed by atoms with E-state index in [0.717, 1.165) is 38.0 Å². The standard InChI is InChI=1S/C21H25N3OS/c1-16-6-5-9-18(14-16)20(25)23-21(26)22-19-10-12-24(13-11-19)15-17-7-3-2-4-8-17/h2-9,14,19H,10-13,15H2,1H3,(H2,22,23,25,26). The third-order valence-corrected chi connectivity index (χ3v) is 4.90. The maximum absolute atomic E-state index is 12.3. The first kappa shape index (κ1) is 18.5. The maximum atomic E-state index is 12.3. The predicted molar refractivity (Wildman–Crippen MR) is 109 cm³/mol. The minimum Gasteiger partial charge on any atom is -0.360 e. The summed E-state index contributed by atoms with van der Waals surface area (Å²) in [5.74, 6) is -0.160. The lowest BCUT2D eigenvalue weighted by molar-refractivity contribution is 0.0976. The normalized spacial score (nSPS) is 15.4. The highest BCUT2D eigenvalue weighted by Gasteiger charge is 2.20. The first-order valence-electron chi connectivity index (χ1n) is 9.05. The second-order valence-electron chi connectivity index (χ2n) is 6.83. The molecule has 1 fully saturated rings. The molecular formula is C21H25N3OS. The van der Waals surface area contributed by atoms with Gasteiger partial charge in [0.05, 0.1) is 0 Å². The van der Waals surface area contributed by atoms with Gasteiger partial charge in [-0.25, -0.2) is 0 Å². The molecule has 3 rings (SSSR count). The number of hydrogen-bond acceptors (Lipinski definition) is 3. The summed E-state index contributed by atoms with van der Waals surface area (Å²) in [5, 5.41) is 6.50. The number of piperidine rings is 1. The zero-order valence-electron chi connectivity index (χ0n) is 15.1. The van der Waals surface area contributed by atoms with Crippen molar-refractivity contribution in [3.8, 4) is 0 Å². The van der Waals surface area contributed by atoms with Crippen molar-refractivity contribution in [1.82, 2.24) is 15.5 Å². The van der Waals surface area contributed by atoms with E-state index in [1.165, 1.54) is 5.56 Å². The van der Waals surface area contributed by atoms with Crippen molar-refractivity contribution in [2.75, 3.05) is 13.1 Å². The second kappa shape index (κ2) is 8.92. The predicted octanol–water partition coefficient (Wildman–Crippen LogP) is 3.26. The van der Waals surface area contributed by atoms with Crippen molar-refractivity contribution in [1.29, 1.82) is 0 Å². The Morgan fingerprint density at radius 3 is 2.54 bits per heavy atom. The molecule has 1 amide bonds. The van der Waals surface area contributed by atoms with Crippen molar-refractivity contribution < 1.29 is 4.79 Å². The summed E-state index contributed by atoms with van der Waals surface area (Å²) in [4.78, 5) is 14.7. The average Bonchev–Trinajstić information content (AvgIpc) is 2.64. The highest BCUT2D eigenvalue weighted by Crippen LogP contribution is 2.14. The van der Waals surface area contributed by atoms with Crippen LogP contribution in [0.25, 0.3) is 0 Å². The molecule has 0 spiro atoms. The van der Waals surface area contributed by atoms with Crippen LogP contribution in [0, 0.1) is 6.92 Å². The van der Waals surface area contributed by atoms with Gasteiger partial charge in [-0.3, -0.25) is 15.0 Å². The number of hydrogen-bond donors (Lipinski definition) is 2. The molecule has 0 aromatic heterocycles. The number of aryl methyl sites for hydroxylation is 1. The van der Waals surface area contributed by atoms with Crippen LogP contribution in [0.4, 0.5) is 0 Å². The van der Waals surface area contributed by atoms with Gasteiger partial charge >= 0.3 is 0 Å². The molecule has 0 unspecified atom stereocenters. The monoisotopic (exact) mass is 367 g/mol. The Morgan fingerprint density at radius 1 is 1.12 bits per heavy atom. The Morgan fingerprint density at radius 2 is 1.85 bits per heavy atom. The largest absolute Gasteiger partial charge is 0.360 e. The minimum atomic E-state index is -0.160. The molecule has 0 saturated carbocycles. The SMILES string of the molecule is Cc1cccc(C(=O)NC(=S)NC2CCN(Cc3ccccc3)CC2)c1. The second-order valence-corrected chi connectivity index (χ2v) is 7.24. The van der Waals surface area contributed by atoms with Gasteiger partial charge in [-0.2, -0.15) is 0 Å². The van der Waals surface area contributed by atoms with E-state index in [1.54, 1.807) is 6.07 Å². The molecule has 2 N–H and O–H groups in total. The molecule has 0 radical (unpaired) electrons. The number of carbonyl (C=O) groups is 1. The summed E-state index contributed by atoms with van der Waals surface area (Å²) in [5.41, 5.74) is 3.04. The molecule has 2 aromatic rings. The lowest BCUT2D eigenvalue weighted by Crippen LogP contribution is -2.48. The van der Waals surface area contributed by atoms with Crippen LogP contribution in [0.2, 0.25) is 0 Å². The van der Waals surface area contributed by atoms with E-state index >= 15 is 0 Å². The molecule has 0 aliphatic carbocycles. The molecule has 136 valence electrons. The van der Waals surface area contributed by atoms with Gasteiger partial charge in [0.25, 0.3) is 5.91 Å². The van der Waals surface area contributed by atoms with E-state index in [9.17, 15) is 4.79 Å². The lowest BCUT2D eigenvalue weighted by Gasteiger charge is -2.32. The summed E-state index contributed by atoms with van der Waals surface area (Å²) < 4.78 is 0. The topological polar surface area (TPSA) is 44.4 Å². The third kappa shape index (κ3) is 5.38. The number of carbonyl (C=O) groups excluding carboxylic acids is 1. The first-order chi connectivity index (χ1) is 12.6. The number of rotatable bonds is 4. The summed E-state index contributed by atoms with van der Waals surface area (Å²) in [6, 6.07) is 18.4. The summed E-state index contributed by atoms with van der Waals surface area (Å²) in [6.45, 7) is 5.01. The van der Waals surface area contributed by atoms with Crippen LogP contribution >= 0.6 is 12.2 Å². The number of nitrogens with one attached hydrogen (secondary N) is 2. The molecule has 4 nitrogen and oxygen atoms in total. The fraction of sp³-hybridized carbons (Fsp3) is 0.333. The van der Waals surface area contributed by atoms with E-state index < -0.39 is 0 Å². The molecule has 1 heterocycles. The summed E-state index contributed by atoms with van der Waals surface area (Å²) >= 11 is 5.32. The average molecular weight is 368 g/mol. The van der Waals surface area contributed by atoms with Gasteiger partial charge < -0.3 is 5.32 Å². The van der Waals surface area contributed by atoms with Crippen molar-refractivity contribution in [2.24, 2.45) is 0 Å². The van der Waals surface area contributed by atoms with Crippen LogP contribution < -0.4 is 10.6 Å². The summed E-state index contributed by atoms with van der Waals surface area (Å²) in [6.07, 6.45) is 2.04. The van der Waals surface area contributed by atoms with Crippen LogP contribution in [-0.2, 0) is 6.54 Å². The van der Waals surface area contributed by atoms with E-state index in [0.29, 0.717) is 16.7 Å². The Hall–Kier alpha value is -2.24. The fourth-order valence-corrected chi connectivity index (χ4v) is 3.52. The van der Waals surface area contributed by atoms with Crippen molar-refractivity contribution in [3.05, 3.63) is 71.3 Å². The smallest absolute Gasteiger partial charge is 0.257 e. The van der Waals surface area contributed by atoms with E-state index in [-0.39, 0.29) is 5.91 Å². The van der Waals surface area contributed by atoms with Gasteiger partial charge in [0.1, 0.15) is 0 Å². The molecule has 0 bridgehead atoms. The molecule has 0 atom stereocenters. The summed E-state index contributed by atoms with van der Waals surface area (Å²) in [7, 11) is 0. The van der Waals surface area contributed by atoms with Crippen molar-refractivity contribution in [3.63, 3.8) is 0 Å². The van der Waals surface area contributed by atoms with E-state index in [2.05, 4.69) is 39.8 Å². The van der Waals surface area contributed by atoms with Gasteiger partial charge in [-0.15, -0.1) is 0 Å². The molecule has 2 aromatic carbocycles. The number of likely N-dealkylation sites (tertiary alicyclic amines) is 1. The van der Waals surface area contributed by atoms with Crippen LogP contribution in [0.1, 0.15) is 34.3 Å². The number of amides is 1. The lowest BCUT2D eigenvalue weighted by atomic mass is 10.0. The maximum Gasteiger partial charge on any atom is 0.257 e. The van der Waals surface area contributed by atoms with Crippen molar-refractivity contribution >= 4 is 23.2 Å². The van der Waals surface area contributed by atoms with Crippen LogP contribution in [-0.4, -0.2) is 35.1 Å². The number of thiocarbonyl (C=S) groups is 1. The van der Waals surface area contributed by atoms with Crippen LogP contribution in [0.5, 0.6) is 0 Å². The van der Waals surface area contributed by atoms with Crippen LogP contribution in [0.3, 0.4) is 0 Å². The molecule has 5 heteroatoms. The Labute approximate surface area is 160 Å². The van der Waals surface area contributed by atoms with Gasteiger partial charge in [0.2, 0.25) is 0 Å². The van der Waals surface area contributed by atoms with Crippen molar-refractivity contribution in [2.45, 2.75) is 32.4 Å². The third-order valence-electron chi connectivity index (χ3n) is 4.68. The first-order valence-corrected chi connectivity index (χ1v) is 9.46. The number of nitrogens with zero attached hydrogens (tertiary/aromatic N) is 1. The zero-order chi connectivity index (χ0) is 18.4. The van der Waals surface area contributed by atoms with Gasteiger partial charge in [-0.05, 0) is 49.7 Å². The van der Waals surface area contributed by atoms with Crippen LogP contribution in [0.15, 0.2) is 54.6 Å². The molecule has 1 aliphatic rings. The van der Waals surface area contributed by atoms with E-state index in [4.69, 9.17) is 12.2 Å². The quantitative estimate of drug-likeness (QED) is 0.814. The fourth-order valence-electron chi connectivity index (χ4n) is 3.26. The van der Waals surface area contributed by atoms with Gasteiger partial charge in [-0.1, -0.05) is 48.0 Å². The van der Waals surface area contributed by atoms with Gasteiger partial charge in [0.15, 0.2) is 5.11 Å². The highest BCUT2D eigenvalue weighted by atomic mass is 32.1. The highest BCUT2D eigenvalue weighted by molar-refractivity contribution is 7.80. The Balaban J connectivity index is 1.42. The molecule has 1 saturated heterocycles. The molecule has 1 aliphatic heterocycles. The molecule has 26 heavy (non-hydrogen) atoms. The minimum absolute atomic E-state index is 0.160. The number of benzene rings is 2. The van der Waals surface area contributed by atoms with E-state index in [1.807, 2.05) is 31.2 Å². The zero-order valence-corrected chi connectivity index (χ0v) is 15.9. The Kier molecular flexibility index (Phi) is 6.36. The molecular weight excluding hydrogens is 342 g/mol. The van der Waals surface area contributed by atoms with Gasteiger partial charge in [0, 0.05) is 31.2 Å². The Bertz CT molecular complexity index is 755.